The molecule has 1 saturated carbocycles. The van der Waals surface area contributed by atoms with Crippen LogP contribution in [0.25, 0.3) is 0 Å². The van der Waals surface area contributed by atoms with Crippen LogP contribution in [0.5, 0.6) is 0 Å². The second-order valence-electron chi connectivity index (χ2n) is 6.47. The van der Waals surface area contributed by atoms with Crippen LogP contribution in [0.2, 0.25) is 0 Å². The predicted molar refractivity (Wildman–Crippen MR) is 97.8 cm³/mol. The van der Waals surface area contributed by atoms with Crippen molar-refractivity contribution in [2.45, 2.75) is 52.0 Å². The fraction of sp³-hybridized carbons (Fsp3) is 0.400. The van der Waals surface area contributed by atoms with Gasteiger partial charge in [-0.05, 0) is 49.4 Å². The number of hydrogen-bond acceptors (Lipinski definition) is 3. The van der Waals surface area contributed by atoms with Crippen molar-refractivity contribution in [2.24, 2.45) is 0 Å². The highest BCUT2D eigenvalue weighted by Crippen LogP contribution is 2.25. The van der Waals surface area contributed by atoms with E-state index in [1.54, 1.807) is 12.3 Å². The van der Waals surface area contributed by atoms with Crippen molar-refractivity contribution < 1.29 is 4.79 Å². The van der Waals surface area contributed by atoms with Gasteiger partial charge < -0.3 is 10.6 Å². The van der Waals surface area contributed by atoms with E-state index >= 15 is 0 Å². The lowest BCUT2D eigenvalue weighted by Crippen LogP contribution is -2.33. The normalized spacial score (nSPS) is 14.6. The zero-order chi connectivity index (χ0) is 16.9. The molecule has 3 rings (SSSR count). The maximum absolute atomic E-state index is 12.2. The molecule has 1 aliphatic carbocycles. The van der Waals surface area contributed by atoms with E-state index < -0.39 is 0 Å². The van der Waals surface area contributed by atoms with Gasteiger partial charge in [0.25, 0.3) is 5.91 Å². The lowest BCUT2D eigenvalue weighted by atomic mass is 10.1. The number of benzene rings is 1. The molecule has 4 nitrogen and oxygen atoms in total. The summed E-state index contributed by atoms with van der Waals surface area (Å²) in [6.45, 7) is 4.24. The molecule has 1 heterocycles. The van der Waals surface area contributed by atoms with Gasteiger partial charge in [0.15, 0.2) is 0 Å². The Bertz CT molecular complexity index is 703. The monoisotopic (exact) mass is 323 g/mol. The number of nitrogens with zero attached hydrogens (tertiary/aromatic N) is 1. The van der Waals surface area contributed by atoms with Gasteiger partial charge in [0.05, 0.1) is 11.9 Å². The molecule has 1 aromatic carbocycles. The first-order valence-electron chi connectivity index (χ1n) is 8.80. The van der Waals surface area contributed by atoms with Crippen LogP contribution in [0.1, 0.15) is 54.2 Å². The van der Waals surface area contributed by atoms with E-state index in [9.17, 15) is 4.79 Å². The van der Waals surface area contributed by atoms with E-state index in [1.807, 2.05) is 6.07 Å². The molecule has 0 radical (unpaired) electrons. The van der Waals surface area contributed by atoms with E-state index in [0.717, 1.165) is 30.6 Å². The summed E-state index contributed by atoms with van der Waals surface area (Å²) in [7, 11) is 0. The van der Waals surface area contributed by atoms with Gasteiger partial charge >= 0.3 is 0 Å². The Balaban J connectivity index is 1.69. The first-order chi connectivity index (χ1) is 11.7. The summed E-state index contributed by atoms with van der Waals surface area (Å²) < 4.78 is 0. The summed E-state index contributed by atoms with van der Waals surface area (Å²) >= 11 is 0. The number of amides is 1. The Morgan fingerprint density at radius 3 is 2.67 bits per heavy atom. The molecule has 0 bridgehead atoms. The Labute approximate surface area is 143 Å². The second kappa shape index (κ2) is 7.47. The molecule has 0 spiro atoms. The molecule has 0 unspecified atom stereocenters. The van der Waals surface area contributed by atoms with Crippen LogP contribution in [-0.4, -0.2) is 16.9 Å². The van der Waals surface area contributed by atoms with E-state index in [4.69, 9.17) is 0 Å². The van der Waals surface area contributed by atoms with Gasteiger partial charge in [-0.1, -0.05) is 38.0 Å². The highest BCUT2D eigenvalue weighted by molar-refractivity contribution is 5.92. The molecule has 4 heteroatoms. The van der Waals surface area contributed by atoms with E-state index in [1.165, 1.54) is 24.0 Å². The number of pyridine rings is 1. The third kappa shape index (κ3) is 3.75. The minimum Gasteiger partial charge on any atom is -0.354 e. The molecule has 2 N–H and O–H groups in total. The summed E-state index contributed by atoms with van der Waals surface area (Å²) in [5.74, 6) is -0.0708. The minimum atomic E-state index is -0.0708. The summed E-state index contributed by atoms with van der Waals surface area (Å²) in [6.07, 6.45) is 7.28. The maximum Gasteiger partial charge on any atom is 0.270 e. The lowest BCUT2D eigenvalue weighted by molar-refractivity contribution is 0.0933. The number of rotatable bonds is 5. The van der Waals surface area contributed by atoms with Crippen molar-refractivity contribution in [3.05, 3.63) is 53.3 Å². The largest absolute Gasteiger partial charge is 0.354 e. The average molecular weight is 323 g/mol. The number of carbonyl (C=O) groups is 1. The molecule has 1 amide bonds. The van der Waals surface area contributed by atoms with Crippen molar-refractivity contribution in [2.75, 3.05) is 5.32 Å². The third-order valence-corrected chi connectivity index (χ3v) is 4.70. The zero-order valence-electron chi connectivity index (χ0n) is 14.4. The number of anilines is 2. The minimum absolute atomic E-state index is 0.0708. The van der Waals surface area contributed by atoms with Gasteiger partial charge in [0.1, 0.15) is 5.69 Å². The number of para-hydroxylation sites is 1. The van der Waals surface area contributed by atoms with Crippen molar-refractivity contribution >= 4 is 17.3 Å². The zero-order valence-corrected chi connectivity index (χ0v) is 14.4. The van der Waals surface area contributed by atoms with Crippen LogP contribution < -0.4 is 10.6 Å². The Kier molecular flexibility index (Phi) is 5.14. The first kappa shape index (κ1) is 16.5. The fourth-order valence-electron chi connectivity index (χ4n) is 3.28. The molecule has 0 aliphatic heterocycles. The summed E-state index contributed by atoms with van der Waals surface area (Å²) in [5, 5.41) is 6.51. The molecule has 0 saturated heterocycles. The van der Waals surface area contributed by atoms with E-state index in [0.29, 0.717) is 11.7 Å². The molecule has 0 atom stereocenters. The average Bonchev–Trinajstić information content (AvgIpc) is 3.10. The third-order valence-electron chi connectivity index (χ3n) is 4.70. The molecule has 1 aliphatic rings. The van der Waals surface area contributed by atoms with E-state index in [2.05, 4.69) is 47.7 Å². The SMILES string of the molecule is CCc1cccc(C)c1Nc1ccc(C(=O)NC2CCCC2)nc1. The summed E-state index contributed by atoms with van der Waals surface area (Å²) in [4.78, 5) is 16.6. The maximum atomic E-state index is 12.2. The standard InChI is InChI=1S/C20H25N3O/c1-3-15-8-6-7-14(2)19(15)22-17-11-12-18(21-13-17)20(24)23-16-9-4-5-10-16/h6-8,11-13,16,22H,3-5,9-10H2,1-2H3,(H,23,24). The van der Waals surface area contributed by atoms with Crippen molar-refractivity contribution in [3.8, 4) is 0 Å². The van der Waals surface area contributed by atoms with Gasteiger partial charge in [-0.15, -0.1) is 0 Å². The fourth-order valence-corrected chi connectivity index (χ4v) is 3.28. The number of hydrogen-bond donors (Lipinski definition) is 2. The van der Waals surface area contributed by atoms with E-state index in [-0.39, 0.29) is 5.91 Å². The molecule has 2 aromatic rings. The number of nitrogens with one attached hydrogen (secondary N) is 2. The van der Waals surface area contributed by atoms with Crippen LogP contribution in [0.15, 0.2) is 36.5 Å². The van der Waals surface area contributed by atoms with Crippen LogP contribution in [0.4, 0.5) is 11.4 Å². The molecular formula is C20H25N3O. The Hall–Kier alpha value is -2.36. The van der Waals surface area contributed by atoms with Crippen molar-refractivity contribution in [3.63, 3.8) is 0 Å². The van der Waals surface area contributed by atoms with Gasteiger partial charge in [0, 0.05) is 11.7 Å². The second-order valence-corrected chi connectivity index (χ2v) is 6.47. The van der Waals surface area contributed by atoms with Crippen LogP contribution in [0, 0.1) is 6.92 Å². The molecule has 1 fully saturated rings. The molecule has 1 aromatic heterocycles. The highest BCUT2D eigenvalue weighted by Gasteiger charge is 2.18. The quantitative estimate of drug-likeness (QED) is 0.859. The van der Waals surface area contributed by atoms with Crippen molar-refractivity contribution in [1.29, 1.82) is 0 Å². The van der Waals surface area contributed by atoms with Gasteiger partial charge in [-0.3, -0.25) is 4.79 Å². The topological polar surface area (TPSA) is 54.0 Å². The van der Waals surface area contributed by atoms with Crippen LogP contribution in [0.3, 0.4) is 0 Å². The van der Waals surface area contributed by atoms with Gasteiger partial charge in [-0.25, -0.2) is 4.98 Å². The highest BCUT2D eigenvalue weighted by atomic mass is 16.1. The lowest BCUT2D eigenvalue weighted by Gasteiger charge is -2.14. The number of carbonyl (C=O) groups excluding carboxylic acids is 1. The van der Waals surface area contributed by atoms with Crippen LogP contribution >= 0.6 is 0 Å². The van der Waals surface area contributed by atoms with Crippen molar-refractivity contribution in [1.82, 2.24) is 10.3 Å². The summed E-state index contributed by atoms with van der Waals surface area (Å²) in [6, 6.07) is 10.3. The predicted octanol–water partition coefficient (Wildman–Crippen LogP) is 4.37. The van der Waals surface area contributed by atoms with Crippen LogP contribution in [-0.2, 0) is 6.42 Å². The molecule has 24 heavy (non-hydrogen) atoms. The first-order valence-corrected chi connectivity index (χ1v) is 8.80. The van der Waals surface area contributed by atoms with Gasteiger partial charge in [0.2, 0.25) is 0 Å². The molecule has 126 valence electrons. The smallest absolute Gasteiger partial charge is 0.270 e. The molecular weight excluding hydrogens is 298 g/mol. The Morgan fingerprint density at radius 2 is 2.00 bits per heavy atom. The summed E-state index contributed by atoms with van der Waals surface area (Å²) in [5.41, 5.74) is 4.99. The Morgan fingerprint density at radius 1 is 1.21 bits per heavy atom. The van der Waals surface area contributed by atoms with Gasteiger partial charge in [-0.2, -0.15) is 0 Å². The number of aromatic nitrogens is 1. The number of aryl methyl sites for hydroxylation is 2.